The molecule has 10 nitrogen and oxygen atoms in total. The first-order valence-corrected chi connectivity index (χ1v) is 16.8. The van der Waals surface area contributed by atoms with Crippen LogP contribution < -0.4 is 10.2 Å². The van der Waals surface area contributed by atoms with Gasteiger partial charge in [0, 0.05) is 30.2 Å². The summed E-state index contributed by atoms with van der Waals surface area (Å²) in [6.45, 7) is 6.29. The van der Waals surface area contributed by atoms with Crippen molar-refractivity contribution in [3.8, 4) is 11.4 Å². The van der Waals surface area contributed by atoms with E-state index in [0.717, 1.165) is 59.6 Å². The van der Waals surface area contributed by atoms with Gasteiger partial charge in [-0.2, -0.15) is 0 Å². The number of sulfone groups is 1. The minimum atomic E-state index is -3.53. The number of fused-ring (bicyclic) bond motifs is 2. The van der Waals surface area contributed by atoms with Gasteiger partial charge in [-0.05, 0) is 86.2 Å². The Balaban J connectivity index is 1.11. The molecule has 3 aromatic heterocycles. The van der Waals surface area contributed by atoms with E-state index in [1.165, 1.54) is 6.07 Å². The zero-order valence-corrected chi connectivity index (χ0v) is 25.6. The summed E-state index contributed by atoms with van der Waals surface area (Å²) >= 11 is 0. The third kappa shape index (κ3) is 5.91. The van der Waals surface area contributed by atoms with Crippen molar-refractivity contribution in [3.63, 3.8) is 0 Å². The van der Waals surface area contributed by atoms with Crippen LogP contribution in [0.4, 0.5) is 5.82 Å². The van der Waals surface area contributed by atoms with Gasteiger partial charge in [-0.25, -0.2) is 18.4 Å². The number of nitrogens with one attached hydrogen (secondary N) is 1. The van der Waals surface area contributed by atoms with Gasteiger partial charge in [0.05, 0.1) is 65.2 Å². The van der Waals surface area contributed by atoms with Crippen molar-refractivity contribution in [1.82, 2.24) is 20.3 Å². The highest BCUT2D eigenvalue weighted by atomic mass is 32.2. The molecule has 1 amide bonds. The van der Waals surface area contributed by atoms with E-state index >= 15 is 0 Å². The number of hydrogen-bond donors (Lipinski definition) is 1. The first-order valence-electron chi connectivity index (χ1n) is 15.1. The summed E-state index contributed by atoms with van der Waals surface area (Å²) in [7, 11) is -3.53. The predicted octanol–water partition coefficient (Wildman–Crippen LogP) is 4.42. The molecule has 0 spiro atoms. The third-order valence-electron chi connectivity index (χ3n) is 8.40. The Morgan fingerprint density at radius 2 is 1.82 bits per heavy atom. The first-order chi connectivity index (χ1) is 21.2. The van der Waals surface area contributed by atoms with E-state index in [1.807, 2.05) is 42.5 Å². The second-order valence-electron chi connectivity index (χ2n) is 12.0. The molecular formula is C33H35N5O5S. The number of ether oxygens (including phenoxy) is 2. The Hall–Kier alpha value is -3.93. The van der Waals surface area contributed by atoms with Crippen LogP contribution >= 0.6 is 0 Å². The molecule has 2 aliphatic heterocycles. The van der Waals surface area contributed by atoms with Gasteiger partial charge in [0.1, 0.15) is 5.82 Å². The number of pyridine rings is 3. The van der Waals surface area contributed by atoms with Gasteiger partial charge >= 0.3 is 0 Å². The van der Waals surface area contributed by atoms with Gasteiger partial charge in [-0.3, -0.25) is 9.78 Å². The summed E-state index contributed by atoms with van der Waals surface area (Å²) in [5.74, 6) is 0.738. The summed E-state index contributed by atoms with van der Waals surface area (Å²) < 4.78 is 37.4. The quantitative estimate of drug-likeness (QED) is 0.337. The average Bonchev–Trinajstić information content (AvgIpc) is 3.87. The molecule has 228 valence electrons. The standard InChI is InChI=1S/C33H35N5O5S/c1-20-17-38(18-21(2)43-20)32-5-3-4-28(37-32)29-9-8-23-15-34-25(14-30(23)36-29)16-35-33(39)24-12-26(22-6-7-22)27-19-42-10-11-44(40,41)31(27)13-24/h3-5,8-9,12-15,20-22H,6-7,10-11,16-19H2,1-2H3,(H,35,39)/t20-,21+. The van der Waals surface area contributed by atoms with Gasteiger partial charge in [-0.15, -0.1) is 0 Å². The topological polar surface area (TPSA) is 124 Å². The normalized spacial score (nSPS) is 21.5. The van der Waals surface area contributed by atoms with Crippen molar-refractivity contribution in [1.29, 1.82) is 0 Å². The van der Waals surface area contributed by atoms with Crippen molar-refractivity contribution in [2.45, 2.75) is 62.9 Å². The Morgan fingerprint density at radius 1 is 1.02 bits per heavy atom. The van der Waals surface area contributed by atoms with Crippen LogP contribution in [0.1, 0.15) is 59.8 Å². The van der Waals surface area contributed by atoms with Crippen LogP contribution in [0.2, 0.25) is 0 Å². The molecule has 3 aliphatic rings. The van der Waals surface area contributed by atoms with Gasteiger partial charge in [-0.1, -0.05) is 6.07 Å². The molecule has 1 saturated heterocycles. The van der Waals surface area contributed by atoms with Crippen LogP contribution in [0, 0.1) is 0 Å². The molecule has 1 N–H and O–H groups in total. The lowest BCUT2D eigenvalue weighted by atomic mass is 10.00. The number of rotatable bonds is 6. The van der Waals surface area contributed by atoms with Crippen molar-refractivity contribution in [3.05, 3.63) is 77.1 Å². The molecule has 11 heteroatoms. The maximum atomic E-state index is 13.3. The second kappa shape index (κ2) is 11.5. The van der Waals surface area contributed by atoms with Crippen molar-refractivity contribution in [2.75, 3.05) is 30.3 Å². The van der Waals surface area contributed by atoms with Crippen molar-refractivity contribution in [2.24, 2.45) is 0 Å². The highest BCUT2D eigenvalue weighted by molar-refractivity contribution is 7.91. The van der Waals surface area contributed by atoms with Crippen LogP contribution in [0.25, 0.3) is 22.3 Å². The lowest BCUT2D eigenvalue weighted by Crippen LogP contribution is -2.45. The smallest absolute Gasteiger partial charge is 0.251 e. The molecule has 0 radical (unpaired) electrons. The molecule has 7 rings (SSSR count). The van der Waals surface area contributed by atoms with Crippen molar-refractivity contribution >= 4 is 32.5 Å². The number of nitrogens with zero attached hydrogens (tertiary/aromatic N) is 4. The number of morpholine rings is 1. The summed E-state index contributed by atoms with van der Waals surface area (Å²) in [5, 5.41) is 3.81. The van der Waals surface area contributed by atoms with Crippen LogP contribution in [-0.4, -0.2) is 66.9 Å². The second-order valence-corrected chi connectivity index (χ2v) is 14.1. The Morgan fingerprint density at radius 3 is 2.61 bits per heavy atom. The number of carbonyl (C=O) groups excluding carboxylic acids is 1. The van der Waals surface area contributed by atoms with Crippen molar-refractivity contribution < 1.29 is 22.7 Å². The molecule has 1 aliphatic carbocycles. The van der Waals surface area contributed by atoms with Crippen LogP contribution in [-0.2, 0) is 32.5 Å². The molecule has 0 unspecified atom stereocenters. The minimum Gasteiger partial charge on any atom is -0.376 e. The number of hydrogen-bond acceptors (Lipinski definition) is 9. The largest absolute Gasteiger partial charge is 0.376 e. The number of benzene rings is 1. The zero-order valence-electron chi connectivity index (χ0n) is 24.8. The average molecular weight is 614 g/mol. The van der Waals surface area contributed by atoms with Gasteiger partial charge in [0.15, 0.2) is 9.84 Å². The fourth-order valence-electron chi connectivity index (χ4n) is 6.12. The third-order valence-corrected chi connectivity index (χ3v) is 10.1. The van der Waals surface area contributed by atoms with Crippen LogP contribution in [0.5, 0.6) is 0 Å². The summed E-state index contributed by atoms with van der Waals surface area (Å²) in [5.41, 5.74) is 4.87. The Bertz CT molecular complexity index is 1850. The maximum absolute atomic E-state index is 13.3. The monoisotopic (exact) mass is 613 g/mol. The molecule has 2 fully saturated rings. The molecule has 1 saturated carbocycles. The number of anilines is 1. The fourth-order valence-corrected chi connectivity index (χ4v) is 7.53. The SMILES string of the molecule is C[C@@H]1CN(c2cccc(-c3ccc4cnc(CNC(=O)c5cc(C6CC6)c6c(c5)S(=O)(=O)CCOC6)cc4n3)n2)C[C@H](C)O1. The van der Waals surface area contributed by atoms with E-state index in [9.17, 15) is 13.2 Å². The number of aromatic nitrogens is 3. The molecule has 44 heavy (non-hydrogen) atoms. The maximum Gasteiger partial charge on any atom is 0.251 e. The first kappa shape index (κ1) is 28.8. The van der Waals surface area contributed by atoms with E-state index in [0.29, 0.717) is 16.8 Å². The molecule has 2 atom stereocenters. The summed E-state index contributed by atoms with van der Waals surface area (Å²) in [4.78, 5) is 30.1. The highest BCUT2D eigenvalue weighted by Gasteiger charge is 2.33. The van der Waals surface area contributed by atoms with E-state index in [2.05, 4.69) is 29.0 Å². The molecule has 0 bridgehead atoms. The highest BCUT2D eigenvalue weighted by Crippen LogP contribution is 2.44. The predicted molar refractivity (Wildman–Crippen MR) is 166 cm³/mol. The van der Waals surface area contributed by atoms with Crippen LogP contribution in [0.3, 0.4) is 0 Å². The zero-order chi connectivity index (χ0) is 30.4. The lowest BCUT2D eigenvalue weighted by molar-refractivity contribution is -0.00545. The molecule has 1 aromatic carbocycles. The van der Waals surface area contributed by atoms with E-state index in [1.54, 1.807) is 6.20 Å². The minimum absolute atomic E-state index is 0.0867. The summed E-state index contributed by atoms with van der Waals surface area (Å²) in [6.07, 6.45) is 3.98. The number of amides is 1. The molecular weight excluding hydrogens is 578 g/mol. The van der Waals surface area contributed by atoms with Gasteiger partial charge in [0.2, 0.25) is 0 Å². The van der Waals surface area contributed by atoms with E-state index in [-0.39, 0.29) is 54.4 Å². The van der Waals surface area contributed by atoms with Gasteiger partial charge < -0.3 is 19.7 Å². The van der Waals surface area contributed by atoms with E-state index in [4.69, 9.17) is 19.4 Å². The van der Waals surface area contributed by atoms with Crippen LogP contribution in [0.15, 0.2) is 59.6 Å². The Kier molecular flexibility index (Phi) is 7.55. The molecule has 4 aromatic rings. The summed E-state index contributed by atoms with van der Waals surface area (Å²) in [6, 6.07) is 15.1. The van der Waals surface area contributed by atoms with Gasteiger partial charge in [0.25, 0.3) is 5.91 Å². The van der Waals surface area contributed by atoms with E-state index < -0.39 is 9.84 Å². The Labute approximate surface area is 256 Å². The molecule has 5 heterocycles. The fraction of sp³-hybridized carbons (Fsp3) is 0.394. The number of carbonyl (C=O) groups is 1. The lowest BCUT2D eigenvalue weighted by Gasteiger charge is -2.36.